The van der Waals surface area contributed by atoms with Crippen LogP contribution in [-0.2, 0) is 0 Å². The van der Waals surface area contributed by atoms with E-state index in [0.717, 1.165) is 24.3 Å². The van der Waals surface area contributed by atoms with Crippen molar-refractivity contribution in [1.29, 1.82) is 0 Å². The van der Waals surface area contributed by atoms with Crippen molar-refractivity contribution in [3.63, 3.8) is 0 Å². The summed E-state index contributed by atoms with van der Waals surface area (Å²) in [6.07, 6.45) is 4.46. The van der Waals surface area contributed by atoms with Gasteiger partial charge in [-0.3, -0.25) is 0 Å². The Bertz CT molecular complexity index is 361. The van der Waals surface area contributed by atoms with E-state index in [-0.39, 0.29) is 0 Å². The van der Waals surface area contributed by atoms with Gasteiger partial charge in [0.2, 0.25) is 0 Å². The molecule has 2 heteroatoms. The lowest BCUT2D eigenvalue weighted by Crippen LogP contribution is -2.27. The number of fused-ring (bicyclic) bond motifs is 1. The van der Waals surface area contributed by atoms with Gasteiger partial charge in [0.25, 0.3) is 0 Å². The zero-order chi connectivity index (χ0) is 11.1. The van der Waals surface area contributed by atoms with Gasteiger partial charge in [-0.2, -0.15) is 0 Å². The van der Waals surface area contributed by atoms with E-state index in [1.54, 1.807) is 0 Å². The third-order valence-corrected chi connectivity index (χ3v) is 5.17. The molecule has 0 bridgehead atoms. The molecule has 3 unspecified atom stereocenters. The molecule has 1 heterocycles. The molecule has 0 aliphatic heterocycles. The molecule has 0 amide bonds. The lowest BCUT2D eigenvalue weighted by atomic mass is 9.90. The van der Waals surface area contributed by atoms with Crippen LogP contribution in [0.3, 0.4) is 0 Å². The second-order valence-electron chi connectivity index (χ2n) is 5.51. The van der Waals surface area contributed by atoms with Crippen LogP contribution in [0.15, 0.2) is 11.4 Å². The van der Waals surface area contributed by atoms with Crippen molar-refractivity contribution in [3.8, 4) is 0 Å². The third kappa shape index (κ3) is 1.93. The lowest BCUT2D eigenvalue weighted by molar-refractivity contribution is 0.347. The van der Waals surface area contributed by atoms with Crippen LogP contribution < -0.4 is 5.32 Å². The fourth-order valence-corrected chi connectivity index (χ4v) is 4.18. The molecule has 1 aromatic rings. The predicted molar refractivity (Wildman–Crippen MR) is 69.8 cm³/mol. The molecule has 2 aliphatic carbocycles. The molecule has 1 nitrogen and oxygen atoms in total. The normalized spacial score (nSPS) is 33.8. The maximum absolute atomic E-state index is 3.70. The quantitative estimate of drug-likeness (QED) is 0.838. The number of hydrogen-bond donors (Lipinski definition) is 1. The molecule has 3 atom stereocenters. The van der Waals surface area contributed by atoms with Crippen molar-refractivity contribution in [2.75, 3.05) is 6.54 Å². The van der Waals surface area contributed by atoms with E-state index in [0.29, 0.717) is 6.04 Å². The van der Waals surface area contributed by atoms with Gasteiger partial charge in [0.15, 0.2) is 0 Å². The van der Waals surface area contributed by atoms with Gasteiger partial charge in [0.05, 0.1) is 0 Å². The van der Waals surface area contributed by atoms with Crippen LogP contribution in [0.25, 0.3) is 0 Å². The molecule has 2 saturated carbocycles. The van der Waals surface area contributed by atoms with Gasteiger partial charge in [-0.05, 0) is 67.5 Å². The molecule has 0 radical (unpaired) electrons. The van der Waals surface area contributed by atoms with Crippen LogP contribution >= 0.6 is 11.3 Å². The van der Waals surface area contributed by atoms with Crippen molar-refractivity contribution in [2.24, 2.45) is 17.8 Å². The van der Waals surface area contributed by atoms with Crippen molar-refractivity contribution in [2.45, 2.75) is 39.2 Å². The largest absolute Gasteiger partial charge is 0.310 e. The second kappa shape index (κ2) is 4.15. The van der Waals surface area contributed by atoms with E-state index in [9.17, 15) is 0 Å². The molecular formula is C14H21NS. The molecule has 3 rings (SSSR count). The first-order chi connectivity index (χ1) is 7.78. The highest BCUT2D eigenvalue weighted by Gasteiger charge is 2.47. The number of rotatable bonds is 4. The first-order valence-corrected chi connectivity index (χ1v) is 7.44. The Morgan fingerprint density at radius 2 is 2.12 bits per heavy atom. The highest BCUT2D eigenvalue weighted by atomic mass is 32.1. The van der Waals surface area contributed by atoms with E-state index in [1.807, 2.05) is 11.3 Å². The smallest absolute Gasteiger partial charge is 0.0357 e. The van der Waals surface area contributed by atoms with Crippen molar-refractivity contribution >= 4 is 11.3 Å². The topological polar surface area (TPSA) is 12.0 Å². The highest BCUT2D eigenvalue weighted by molar-refractivity contribution is 7.10. The van der Waals surface area contributed by atoms with Crippen molar-refractivity contribution in [3.05, 3.63) is 21.9 Å². The Kier molecular flexibility index (Phi) is 2.80. The molecule has 2 fully saturated rings. The molecule has 16 heavy (non-hydrogen) atoms. The summed E-state index contributed by atoms with van der Waals surface area (Å²) in [7, 11) is 0. The summed E-state index contributed by atoms with van der Waals surface area (Å²) in [5.74, 6) is 3.08. The van der Waals surface area contributed by atoms with Gasteiger partial charge in [-0.15, -0.1) is 11.3 Å². The molecule has 0 spiro atoms. The zero-order valence-corrected chi connectivity index (χ0v) is 11.0. The first-order valence-electron chi connectivity index (χ1n) is 6.56. The minimum atomic E-state index is 0.628. The van der Waals surface area contributed by atoms with Crippen molar-refractivity contribution in [1.82, 2.24) is 5.32 Å². The Morgan fingerprint density at radius 3 is 2.69 bits per heavy atom. The summed E-state index contributed by atoms with van der Waals surface area (Å²) >= 11 is 1.89. The van der Waals surface area contributed by atoms with E-state index >= 15 is 0 Å². The van der Waals surface area contributed by atoms with Gasteiger partial charge in [0, 0.05) is 10.9 Å². The molecule has 0 aromatic carbocycles. The maximum atomic E-state index is 3.70. The monoisotopic (exact) mass is 235 g/mol. The SMILES string of the molecule is CCNC(c1csc(C)c1)C1CC2CC2C1. The minimum Gasteiger partial charge on any atom is -0.310 e. The summed E-state index contributed by atoms with van der Waals surface area (Å²) in [5.41, 5.74) is 1.54. The number of thiophene rings is 1. The molecule has 2 aliphatic rings. The van der Waals surface area contributed by atoms with Gasteiger partial charge >= 0.3 is 0 Å². The fourth-order valence-electron chi connectivity index (χ4n) is 3.44. The highest BCUT2D eigenvalue weighted by Crippen LogP contribution is 2.57. The first kappa shape index (κ1) is 10.8. The maximum Gasteiger partial charge on any atom is 0.0357 e. The molecular weight excluding hydrogens is 214 g/mol. The summed E-state index contributed by atoms with van der Waals surface area (Å²) in [4.78, 5) is 1.45. The van der Waals surface area contributed by atoms with Crippen LogP contribution in [-0.4, -0.2) is 6.54 Å². The minimum absolute atomic E-state index is 0.628. The molecule has 88 valence electrons. The molecule has 1 aromatic heterocycles. The van der Waals surface area contributed by atoms with E-state index in [4.69, 9.17) is 0 Å². The molecule has 1 N–H and O–H groups in total. The standard InChI is InChI=1S/C14H21NS/c1-3-15-14(13-4-9(2)16-8-13)12-6-10-5-11(10)7-12/h4,8,10-12,14-15H,3,5-7H2,1-2H3. The Hall–Kier alpha value is -0.340. The Balaban J connectivity index is 1.75. The summed E-state index contributed by atoms with van der Waals surface area (Å²) in [6, 6.07) is 3.00. The van der Waals surface area contributed by atoms with Crippen LogP contribution in [0.5, 0.6) is 0 Å². The number of hydrogen-bond acceptors (Lipinski definition) is 2. The number of nitrogens with one attached hydrogen (secondary N) is 1. The predicted octanol–water partition coefficient (Wildman–Crippen LogP) is 3.75. The van der Waals surface area contributed by atoms with Gasteiger partial charge in [-0.25, -0.2) is 0 Å². The van der Waals surface area contributed by atoms with Crippen LogP contribution in [0.1, 0.15) is 42.7 Å². The summed E-state index contributed by atoms with van der Waals surface area (Å²) in [6.45, 7) is 5.52. The Labute approximate surface area is 102 Å². The summed E-state index contributed by atoms with van der Waals surface area (Å²) < 4.78 is 0. The fraction of sp³-hybridized carbons (Fsp3) is 0.714. The lowest BCUT2D eigenvalue weighted by Gasteiger charge is -2.25. The van der Waals surface area contributed by atoms with Gasteiger partial charge in [0.1, 0.15) is 0 Å². The van der Waals surface area contributed by atoms with Gasteiger partial charge < -0.3 is 5.32 Å². The van der Waals surface area contributed by atoms with Crippen LogP contribution in [0.2, 0.25) is 0 Å². The summed E-state index contributed by atoms with van der Waals surface area (Å²) in [5, 5.41) is 6.06. The van der Waals surface area contributed by atoms with Crippen LogP contribution in [0, 0.1) is 24.7 Å². The Morgan fingerprint density at radius 1 is 1.38 bits per heavy atom. The van der Waals surface area contributed by atoms with Crippen molar-refractivity contribution < 1.29 is 0 Å². The second-order valence-corrected chi connectivity index (χ2v) is 6.63. The van der Waals surface area contributed by atoms with Crippen LogP contribution in [0.4, 0.5) is 0 Å². The average Bonchev–Trinajstić information content (AvgIpc) is 2.71. The average molecular weight is 235 g/mol. The van der Waals surface area contributed by atoms with E-state index < -0.39 is 0 Å². The van der Waals surface area contributed by atoms with Gasteiger partial charge in [-0.1, -0.05) is 6.92 Å². The van der Waals surface area contributed by atoms with E-state index in [2.05, 4.69) is 30.6 Å². The molecule has 0 saturated heterocycles. The third-order valence-electron chi connectivity index (χ3n) is 4.29. The van der Waals surface area contributed by atoms with E-state index in [1.165, 1.54) is 29.7 Å². The zero-order valence-electron chi connectivity index (χ0n) is 10.2. The number of aryl methyl sites for hydroxylation is 1.